The Morgan fingerprint density at radius 1 is 1.55 bits per heavy atom. The number of aryl methyl sites for hydroxylation is 1. The maximum absolute atomic E-state index is 12.1. The Morgan fingerprint density at radius 2 is 2.30 bits per heavy atom. The van der Waals surface area contributed by atoms with Crippen molar-refractivity contribution in [2.45, 2.75) is 32.4 Å². The predicted molar refractivity (Wildman–Crippen MR) is 76.1 cm³/mol. The summed E-state index contributed by atoms with van der Waals surface area (Å²) in [6.07, 6.45) is 1.63. The molecule has 0 saturated heterocycles. The van der Waals surface area contributed by atoms with Gasteiger partial charge in [-0.2, -0.15) is 0 Å². The Morgan fingerprint density at radius 3 is 2.95 bits per heavy atom. The van der Waals surface area contributed by atoms with Gasteiger partial charge in [-0.3, -0.25) is 4.21 Å². The third-order valence-electron chi connectivity index (χ3n) is 3.48. The quantitative estimate of drug-likeness (QED) is 0.872. The number of hydrogen-bond donors (Lipinski definition) is 2. The van der Waals surface area contributed by atoms with E-state index in [4.69, 9.17) is 4.42 Å². The second-order valence-electron chi connectivity index (χ2n) is 5.08. The zero-order valence-corrected chi connectivity index (χ0v) is 11.9. The summed E-state index contributed by atoms with van der Waals surface area (Å²) in [5, 5.41) is 13.1. The molecule has 108 valence electrons. The van der Waals surface area contributed by atoms with Gasteiger partial charge in [0.25, 0.3) is 0 Å². The van der Waals surface area contributed by atoms with Crippen molar-refractivity contribution in [3.63, 3.8) is 0 Å². The molecule has 3 rings (SSSR count). The number of anilines is 1. The zero-order chi connectivity index (χ0) is 14.3. The number of aliphatic imine (C=N–C) groups is 1. The Balaban J connectivity index is 1.93. The van der Waals surface area contributed by atoms with E-state index in [1.807, 2.05) is 6.92 Å². The van der Waals surface area contributed by atoms with Crippen LogP contribution in [0.4, 0.5) is 5.88 Å². The average molecular weight is 296 g/mol. The van der Waals surface area contributed by atoms with Crippen LogP contribution in [0.25, 0.3) is 0 Å². The maximum atomic E-state index is 12.1. The average Bonchev–Trinajstić information content (AvgIpc) is 3.20. The van der Waals surface area contributed by atoms with Gasteiger partial charge in [0, 0.05) is 11.8 Å². The third kappa shape index (κ3) is 2.55. The molecule has 7 heteroatoms. The first kappa shape index (κ1) is 13.5. The predicted octanol–water partition coefficient (Wildman–Crippen LogP) is 1.13. The molecule has 2 heterocycles. The Kier molecular flexibility index (Phi) is 3.47. The van der Waals surface area contributed by atoms with Gasteiger partial charge in [-0.25, -0.2) is 9.79 Å². The van der Waals surface area contributed by atoms with Crippen molar-refractivity contribution in [3.8, 4) is 0 Å². The van der Waals surface area contributed by atoms with E-state index >= 15 is 0 Å². The summed E-state index contributed by atoms with van der Waals surface area (Å²) in [5.41, 5.74) is 0.654. The van der Waals surface area contributed by atoms with Gasteiger partial charge in [-0.1, -0.05) is 6.92 Å². The van der Waals surface area contributed by atoms with Crippen molar-refractivity contribution < 1.29 is 13.7 Å². The highest BCUT2D eigenvalue weighted by Crippen LogP contribution is 2.33. The van der Waals surface area contributed by atoms with Gasteiger partial charge in [0.15, 0.2) is 11.4 Å². The van der Waals surface area contributed by atoms with Crippen LogP contribution in [-0.2, 0) is 17.2 Å². The number of aliphatic hydroxyl groups is 1. The summed E-state index contributed by atoms with van der Waals surface area (Å²) in [6, 6.07) is 1.35. The largest absolute Gasteiger partial charge is 0.406 e. The van der Waals surface area contributed by atoms with E-state index in [-0.39, 0.29) is 11.1 Å². The lowest BCUT2D eigenvalue weighted by Gasteiger charge is -2.21. The van der Waals surface area contributed by atoms with E-state index in [0.29, 0.717) is 29.2 Å². The molecule has 2 N–H and O–H groups in total. The van der Waals surface area contributed by atoms with E-state index in [1.165, 1.54) is 6.07 Å². The molecule has 20 heavy (non-hydrogen) atoms. The molecule has 6 nitrogen and oxygen atoms in total. The third-order valence-corrected chi connectivity index (χ3v) is 4.90. The molecule has 0 bridgehead atoms. The van der Waals surface area contributed by atoms with Crippen LogP contribution in [0.1, 0.15) is 37.1 Å². The molecule has 1 unspecified atom stereocenters. The number of nitrogens with one attached hydrogen (secondary N) is 1. The fourth-order valence-corrected chi connectivity index (χ4v) is 3.56. The first-order chi connectivity index (χ1) is 9.58. The molecule has 1 aliphatic carbocycles. The van der Waals surface area contributed by atoms with E-state index in [0.717, 1.165) is 12.8 Å². The van der Waals surface area contributed by atoms with Crippen LogP contribution in [-0.4, -0.2) is 20.2 Å². The van der Waals surface area contributed by atoms with E-state index < -0.39 is 22.7 Å². The van der Waals surface area contributed by atoms with Gasteiger partial charge in [-0.15, -0.1) is 0 Å². The van der Waals surface area contributed by atoms with E-state index in [9.17, 15) is 14.1 Å². The second-order valence-corrected chi connectivity index (χ2v) is 6.49. The summed E-state index contributed by atoms with van der Waals surface area (Å²) in [4.78, 5) is 15.5. The van der Waals surface area contributed by atoms with Crippen LogP contribution < -0.4 is 10.9 Å². The molecule has 1 aliphatic heterocycles. The highest BCUT2D eigenvalue weighted by Gasteiger charge is 2.30. The number of aliphatic hydroxyl groups excluding tert-OH is 1. The summed E-state index contributed by atoms with van der Waals surface area (Å²) in [5.74, 6) is 1.18. The minimum absolute atomic E-state index is 0.163. The highest BCUT2D eigenvalue weighted by molar-refractivity contribution is 8.00. The molecule has 1 saturated carbocycles. The molecule has 1 fully saturated rings. The Hall–Kier alpha value is -1.47. The molecule has 1 aromatic rings. The molecule has 0 amide bonds. The highest BCUT2D eigenvalue weighted by atomic mass is 32.2. The minimum atomic E-state index is -1.30. The van der Waals surface area contributed by atoms with Crippen molar-refractivity contribution >= 4 is 21.9 Å². The first-order valence-electron chi connectivity index (χ1n) is 6.66. The van der Waals surface area contributed by atoms with Crippen LogP contribution in [0.15, 0.2) is 20.3 Å². The number of hydrogen-bond acceptors (Lipinski definition) is 6. The van der Waals surface area contributed by atoms with Gasteiger partial charge in [-0.05, 0) is 30.7 Å². The number of rotatable bonds is 3. The smallest absolute Gasteiger partial charge is 0.337 e. The van der Waals surface area contributed by atoms with Gasteiger partial charge in [0.2, 0.25) is 5.88 Å². The molecular formula is C13H16N2O4S. The second kappa shape index (κ2) is 5.14. The van der Waals surface area contributed by atoms with Gasteiger partial charge in [0.1, 0.15) is 0 Å². The van der Waals surface area contributed by atoms with Crippen LogP contribution in [0, 0.1) is 5.92 Å². The first-order valence-corrected chi connectivity index (χ1v) is 7.98. The SMILES string of the molecule is CCc1cc(=O)oc2c1[C@H](O)N=C(S(=O)CC1CC1)N2. The van der Waals surface area contributed by atoms with Crippen molar-refractivity contribution in [2.24, 2.45) is 10.9 Å². The molecule has 0 aromatic carbocycles. The maximum Gasteiger partial charge on any atom is 0.337 e. The van der Waals surface area contributed by atoms with Crippen LogP contribution in [0.5, 0.6) is 0 Å². The van der Waals surface area contributed by atoms with Crippen molar-refractivity contribution in [1.29, 1.82) is 0 Å². The van der Waals surface area contributed by atoms with E-state index in [2.05, 4.69) is 10.3 Å². The summed E-state index contributed by atoms with van der Waals surface area (Å²) >= 11 is 0. The van der Waals surface area contributed by atoms with Crippen molar-refractivity contribution in [2.75, 3.05) is 11.1 Å². The molecule has 2 atom stereocenters. The molecule has 0 radical (unpaired) electrons. The lowest BCUT2D eigenvalue weighted by Crippen LogP contribution is -2.28. The monoisotopic (exact) mass is 296 g/mol. The fraction of sp³-hybridized carbons (Fsp3) is 0.538. The summed E-state index contributed by atoms with van der Waals surface area (Å²) in [7, 11) is -1.30. The van der Waals surface area contributed by atoms with Crippen LogP contribution in [0.2, 0.25) is 0 Å². The molecule has 1 aromatic heterocycles. The number of fused-ring (bicyclic) bond motifs is 1. The summed E-state index contributed by atoms with van der Waals surface area (Å²) < 4.78 is 17.2. The summed E-state index contributed by atoms with van der Waals surface area (Å²) in [6.45, 7) is 1.88. The van der Waals surface area contributed by atoms with Gasteiger partial charge in [0.05, 0.1) is 16.4 Å². The van der Waals surface area contributed by atoms with Crippen molar-refractivity contribution in [3.05, 3.63) is 27.6 Å². The molecule has 2 aliphatic rings. The zero-order valence-electron chi connectivity index (χ0n) is 11.1. The fourth-order valence-electron chi connectivity index (χ4n) is 2.22. The number of amidine groups is 1. The lowest BCUT2D eigenvalue weighted by atomic mass is 10.1. The van der Waals surface area contributed by atoms with E-state index in [1.54, 1.807) is 0 Å². The topological polar surface area (TPSA) is 91.9 Å². The number of nitrogens with zero attached hydrogens (tertiary/aromatic N) is 1. The minimum Gasteiger partial charge on any atom is -0.406 e. The van der Waals surface area contributed by atoms with Crippen molar-refractivity contribution in [1.82, 2.24) is 0 Å². The molecular weight excluding hydrogens is 280 g/mol. The van der Waals surface area contributed by atoms with Gasteiger partial charge >= 0.3 is 5.63 Å². The normalized spacial score (nSPS) is 22.7. The van der Waals surface area contributed by atoms with Crippen LogP contribution >= 0.6 is 0 Å². The Bertz CT molecular complexity index is 648. The lowest BCUT2D eigenvalue weighted by molar-refractivity contribution is 0.184. The van der Waals surface area contributed by atoms with Crippen LogP contribution in [0.3, 0.4) is 0 Å². The molecule has 0 spiro atoms. The standard InChI is InChI=1S/C13H16N2O4S/c1-2-8-5-9(16)19-12-10(8)11(17)14-13(15-12)20(18)6-7-3-4-7/h5,7,11,17H,2-4,6H2,1H3,(H,14,15)/t11-,20?/m0/s1. The van der Waals surface area contributed by atoms with Gasteiger partial charge < -0.3 is 14.8 Å². The Labute approximate surface area is 118 Å².